The summed E-state index contributed by atoms with van der Waals surface area (Å²) in [4.78, 5) is 23.1. The Bertz CT molecular complexity index is 545. The molecular formula is C34H66O4. The summed E-state index contributed by atoms with van der Waals surface area (Å²) in [7, 11) is 0. The molecule has 2 N–H and O–H groups in total. The summed E-state index contributed by atoms with van der Waals surface area (Å²) in [6.45, 7) is 6.80. The van der Waals surface area contributed by atoms with E-state index in [1.165, 1.54) is 103 Å². The van der Waals surface area contributed by atoms with Crippen LogP contribution in [-0.4, -0.2) is 22.2 Å². The van der Waals surface area contributed by atoms with Gasteiger partial charge in [0.15, 0.2) is 0 Å². The van der Waals surface area contributed by atoms with Gasteiger partial charge in [0.1, 0.15) is 0 Å². The third-order valence-electron chi connectivity index (χ3n) is 8.45. The van der Waals surface area contributed by atoms with Crippen LogP contribution in [0.2, 0.25) is 0 Å². The summed E-state index contributed by atoms with van der Waals surface area (Å²) in [5.74, 6) is -0.478. The third-order valence-corrected chi connectivity index (χ3v) is 8.45. The number of aliphatic carboxylic acids is 2. The molecular weight excluding hydrogens is 472 g/mol. The second kappa shape index (κ2) is 26.2. The van der Waals surface area contributed by atoms with Crippen molar-refractivity contribution in [2.24, 2.45) is 11.3 Å². The fourth-order valence-corrected chi connectivity index (χ4v) is 5.82. The van der Waals surface area contributed by atoms with Gasteiger partial charge in [-0.15, -0.1) is 0 Å². The predicted molar refractivity (Wildman–Crippen MR) is 163 cm³/mol. The zero-order chi connectivity index (χ0) is 28.3. The van der Waals surface area contributed by atoms with Crippen LogP contribution in [0.15, 0.2) is 0 Å². The second-order valence-electron chi connectivity index (χ2n) is 12.6. The molecule has 0 aromatic carbocycles. The first-order valence-corrected chi connectivity index (χ1v) is 16.8. The van der Waals surface area contributed by atoms with Crippen molar-refractivity contribution >= 4 is 11.9 Å². The zero-order valence-electron chi connectivity index (χ0n) is 25.9. The average molecular weight is 539 g/mol. The van der Waals surface area contributed by atoms with Crippen LogP contribution >= 0.6 is 0 Å². The highest BCUT2D eigenvalue weighted by Crippen LogP contribution is 2.38. The van der Waals surface area contributed by atoms with E-state index in [-0.39, 0.29) is 0 Å². The minimum atomic E-state index is -0.680. The lowest BCUT2D eigenvalue weighted by molar-refractivity contribution is -0.151. The maximum absolute atomic E-state index is 12.6. The lowest BCUT2D eigenvalue weighted by Crippen LogP contribution is -2.31. The van der Waals surface area contributed by atoms with Crippen LogP contribution in [0.5, 0.6) is 0 Å². The molecule has 0 aromatic rings. The quantitative estimate of drug-likeness (QED) is 0.0892. The van der Waals surface area contributed by atoms with Crippen LogP contribution in [0.1, 0.15) is 194 Å². The summed E-state index contributed by atoms with van der Waals surface area (Å²) >= 11 is 0. The first-order valence-electron chi connectivity index (χ1n) is 16.8. The molecule has 0 rings (SSSR count). The topological polar surface area (TPSA) is 74.6 Å². The second-order valence-corrected chi connectivity index (χ2v) is 12.6. The number of hydrogen-bond donors (Lipinski definition) is 2. The number of rotatable bonds is 30. The van der Waals surface area contributed by atoms with Crippen molar-refractivity contribution in [3.63, 3.8) is 0 Å². The number of carboxylic acids is 2. The van der Waals surface area contributed by atoms with Crippen molar-refractivity contribution in [1.29, 1.82) is 0 Å². The molecule has 0 aromatic heterocycles. The van der Waals surface area contributed by atoms with Gasteiger partial charge in [-0.1, -0.05) is 162 Å². The third kappa shape index (κ3) is 22.9. The number of carbonyl (C=O) groups is 2. The Hall–Kier alpha value is -1.06. The highest BCUT2D eigenvalue weighted by atomic mass is 16.4. The van der Waals surface area contributed by atoms with Crippen LogP contribution in [0.3, 0.4) is 0 Å². The molecule has 0 amide bonds. The number of unbranched alkanes of at least 4 members (excludes halogenated alkanes) is 19. The fourth-order valence-electron chi connectivity index (χ4n) is 5.82. The highest BCUT2D eigenvalue weighted by molar-refractivity contribution is 5.74. The zero-order valence-corrected chi connectivity index (χ0v) is 25.9. The van der Waals surface area contributed by atoms with E-state index in [2.05, 4.69) is 20.8 Å². The van der Waals surface area contributed by atoms with Crippen molar-refractivity contribution in [3.05, 3.63) is 0 Å². The van der Waals surface area contributed by atoms with Crippen molar-refractivity contribution in [1.82, 2.24) is 0 Å². The smallest absolute Gasteiger partial charge is 0.309 e. The Kier molecular flexibility index (Phi) is 25.4. The molecule has 0 aliphatic rings. The first kappa shape index (κ1) is 36.9. The van der Waals surface area contributed by atoms with Gasteiger partial charge < -0.3 is 10.2 Å². The van der Waals surface area contributed by atoms with Gasteiger partial charge in [-0.25, -0.2) is 0 Å². The molecule has 0 aliphatic carbocycles. The molecule has 4 nitrogen and oxygen atoms in total. The van der Waals surface area contributed by atoms with Gasteiger partial charge in [-0.3, -0.25) is 9.59 Å². The summed E-state index contributed by atoms with van der Waals surface area (Å²) < 4.78 is 0. The Balaban J connectivity index is 4.28. The van der Waals surface area contributed by atoms with Crippen LogP contribution in [0, 0.1) is 11.3 Å². The number of carboxylic acid groups (broad SMARTS) is 2. The average Bonchev–Trinajstić information content (AvgIpc) is 2.87. The lowest BCUT2D eigenvalue weighted by Gasteiger charge is -2.30. The van der Waals surface area contributed by atoms with E-state index in [9.17, 15) is 14.7 Å². The molecule has 1 unspecified atom stereocenters. The Labute approximate surface area is 237 Å². The summed E-state index contributed by atoms with van der Waals surface area (Å²) in [5, 5.41) is 19.0. The Morgan fingerprint density at radius 2 is 0.868 bits per heavy atom. The van der Waals surface area contributed by atoms with Gasteiger partial charge in [-0.2, -0.15) is 0 Å². The van der Waals surface area contributed by atoms with Crippen molar-refractivity contribution in [3.8, 4) is 0 Å². The van der Waals surface area contributed by atoms with E-state index in [0.29, 0.717) is 6.42 Å². The molecule has 1 atom stereocenters. The molecule has 0 heterocycles. The molecule has 0 fully saturated rings. The molecule has 0 bridgehead atoms. The molecule has 0 spiro atoms. The van der Waals surface area contributed by atoms with Gasteiger partial charge in [0.2, 0.25) is 0 Å². The van der Waals surface area contributed by atoms with Crippen LogP contribution < -0.4 is 0 Å². The maximum atomic E-state index is 12.6. The van der Waals surface area contributed by atoms with E-state index >= 15 is 0 Å². The van der Waals surface area contributed by atoms with Gasteiger partial charge in [0.05, 0.1) is 5.41 Å². The van der Waals surface area contributed by atoms with Crippen molar-refractivity contribution in [2.45, 2.75) is 194 Å². The summed E-state index contributed by atoms with van der Waals surface area (Å²) in [5.41, 5.74) is -0.499. The molecule has 38 heavy (non-hydrogen) atoms. The normalized spacial score (nSPS) is 13.2. The molecule has 0 saturated heterocycles. The van der Waals surface area contributed by atoms with Gasteiger partial charge in [0, 0.05) is 6.42 Å². The molecule has 0 saturated carbocycles. The van der Waals surface area contributed by atoms with E-state index in [4.69, 9.17) is 5.11 Å². The first-order chi connectivity index (χ1) is 18.3. The van der Waals surface area contributed by atoms with Crippen LogP contribution in [-0.2, 0) is 9.59 Å². The maximum Gasteiger partial charge on any atom is 0.309 e. The largest absolute Gasteiger partial charge is 0.481 e. The van der Waals surface area contributed by atoms with Crippen LogP contribution in [0.4, 0.5) is 0 Å². The van der Waals surface area contributed by atoms with E-state index in [1.54, 1.807) is 0 Å². The van der Waals surface area contributed by atoms with E-state index in [0.717, 1.165) is 70.1 Å². The minimum absolute atomic E-state index is 0.306. The highest BCUT2D eigenvalue weighted by Gasteiger charge is 2.36. The molecule has 226 valence electrons. The van der Waals surface area contributed by atoms with E-state index in [1.807, 2.05) is 0 Å². The van der Waals surface area contributed by atoms with Gasteiger partial charge in [0.25, 0.3) is 0 Å². The Morgan fingerprint density at radius 3 is 1.21 bits per heavy atom. The molecule has 0 aliphatic heterocycles. The predicted octanol–water partition coefficient (Wildman–Crippen LogP) is 11.4. The number of hydrogen-bond acceptors (Lipinski definition) is 2. The monoisotopic (exact) mass is 538 g/mol. The van der Waals surface area contributed by atoms with Crippen molar-refractivity contribution < 1.29 is 19.8 Å². The van der Waals surface area contributed by atoms with Gasteiger partial charge in [-0.05, 0) is 31.6 Å². The van der Waals surface area contributed by atoms with Crippen LogP contribution in [0.25, 0.3) is 0 Å². The Morgan fingerprint density at radius 1 is 0.526 bits per heavy atom. The molecule has 0 radical (unpaired) electrons. The summed E-state index contributed by atoms with van der Waals surface area (Å²) in [6.07, 6.45) is 30.5. The lowest BCUT2D eigenvalue weighted by atomic mass is 9.74. The fraction of sp³-hybridized carbons (Fsp3) is 0.941. The van der Waals surface area contributed by atoms with E-state index < -0.39 is 17.4 Å². The SMILES string of the molecule is CCCCCCCCCCC(CCCCCCCCCCCCCC(=O)O)(CCCCCC(C)C)C(=O)O. The standard InChI is InChI=1S/C34H66O4/c1-4-5-6-7-8-15-18-23-28-34(33(37)38,30-25-20-21-26-31(2)3)29-24-19-16-13-11-9-10-12-14-17-22-27-32(35)36/h31H,4-30H2,1-3H3,(H,35,36)(H,37,38). The minimum Gasteiger partial charge on any atom is -0.481 e. The van der Waals surface area contributed by atoms with Crippen molar-refractivity contribution in [2.75, 3.05) is 0 Å². The molecule has 4 heteroatoms. The summed E-state index contributed by atoms with van der Waals surface area (Å²) in [6, 6.07) is 0. The van der Waals surface area contributed by atoms with Gasteiger partial charge >= 0.3 is 11.9 Å².